The highest BCUT2D eigenvalue weighted by Crippen LogP contribution is 2.33. The first kappa shape index (κ1) is 21.0. The number of carboxylic acid groups (broad SMARTS) is 1. The van der Waals surface area contributed by atoms with Crippen LogP contribution in [-0.2, 0) is 16.2 Å². The SMILES string of the molecule is CCOCn1nc(C(=O)c2cc(OC)c(OC)cc2N)c(C(C)OC(=O)O)n1. The number of anilines is 1. The third-order valence-corrected chi connectivity index (χ3v) is 3.77. The molecule has 152 valence electrons. The largest absolute Gasteiger partial charge is 0.506 e. The first-order valence-electron chi connectivity index (χ1n) is 8.30. The molecule has 0 aliphatic rings. The average Bonchev–Trinajstić information content (AvgIpc) is 3.09. The summed E-state index contributed by atoms with van der Waals surface area (Å²) in [6.07, 6.45) is -2.54. The van der Waals surface area contributed by atoms with E-state index in [4.69, 9.17) is 29.8 Å². The Labute approximate surface area is 160 Å². The molecule has 0 aliphatic carbocycles. The predicted octanol–water partition coefficient (Wildman–Crippen LogP) is 1.86. The van der Waals surface area contributed by atoms with Gasteiger partial charge in [0.05, 0.1) is 19.8 Å². The third kappa shape index (κ3) is 4.49. The summed E-state index contributed by atoms with van der Waals surface area (Å²) >= 11 is 0. The zero-order chi connectivity index (χ0) is 20.8. The van der Waals surface area contributed by atoms with Crippen molar-refractivity contribution in [2.75, 3.05) is 26.6 Å². The van der Waals surface area contributed by atoms with Crippen molar-refractivity contribution >= 4 is 17.6 Å². The summed E-state index contributed by atoms with van der Waals surface area (Å²) in [5, 5.41) is 17.1. The smallest absolute Gasteiger partial charge is 0.493 e. The molecule has 2 aromatic rings. The lowest BCUT2D eigenvalue weighted by Crippen LogP contribution is -2.13. The molecule has 0 spiro atoms. The predicted molar refractivity (Wildman–Crippen MR) is 96.6 cm³/mol. The number of benzene rings is 1. The number of nitrogen functional groups attached to an aromatic ring is 1. The Bertz CT molecular complexity index is 865. The second-order valence-corrected chi connectivity index (χ2v) is 5.58. The summed E-state index contributed by atoms with van der Waals surface area (Å²) in [7, 11) is 2.87. The summed E-state index contributed by atoms with van der Waals surface area (Å²) in [6.45, 7) is 3.62. The van der Waals surface area contributed by atoms with Crippen LogP contribution in [0.25, 0.3) is 0 Å². The van der Waals surface area contributed by atoms with Crippen molar-refractivity contribution < 1.29 is 33.6 Å². The van der Waals surface area contributed by atoms with Gasteiger partial charge in [0.25, 0.3) is 0 Å². The molecule has 0 fully saturated rings. The van der Waals surface area contributed by atoms with Crippen molar-refractivity contribution in [1.82, 2.24) is 15.0 Å². The maximum absolute atomic E-state index is 13.1. The number of nitrogens with zero attached hydrogens (tertiary/aromatic N) is 3. The van der Waals surface area contributed by atoms with Crippen LogP contribution < -0.4 is 15.2 Å². The third-order valence-electron chi connectivity index (χ3n) is 3.77. The van der Waals surface area contributed by atoms with Crippen LogP contribution in [0, 0.1) is 0 Å². The molecule has 1 heterocycles. The number of carbonyl (C=O) groups excluding carboxylic acids is 1. The van der Waals surface area contributed by atoms with E-state index in [1.54, 1.807) is 6.92 Å². The highest BCUT2D eigenvalue weighted by atomic mass is 16.7. The molecule has 1 aromatic carbocycles. The molecule has 3 N–H and O–H groups in total. The maximum atomic E-state index is 13.1. The van der Waals surface area contributed by atoms with Crippen LogP contribution in [0.3, 0.4) is 0 Å². The van der Waals surface area contributed by atoms with E-state index in [0.717, 1.165) is 4.80 Å². The summed E-state index contributed by atoms with van der Waals surface area (Å²) in [4.78, 5) is 25.1. The fourth-order valence-corrected chi connectivity index (χ4v) is 2.45. The standard InChI is InChI=1S/C17H22N4O7/c1-5-27-8-21-19-14(9(2)28-17(23)24)15(20-21)16(22)10-6-12(25-3)13(26-4)7-11(10)18/h6-7,9H,5,8,18H2,1-4H3,(H,23,24). The van der Waals surface area contributed by atoms with Crippen molar-refractivity contribution in [2.24, 2.45) is 0 Å². The van der Waals surface area contributed by atoms with Crippen molar-refractivity contribution in [1.29, 1.82) is 0 Å². The average molecular weight is 394 g/mol. The first-order valence-corrected chi connectivity index (χ1v) is 8.30. The number of hydrogen-bond acceptors (Lipinski definition) is 9. The van der Waals surface area contributed by atoms with Gasteiger partial charge in [0, 0.05) is 18.4 Å². The molecule has 1 atom stereocenters. The van der Waals surface area contributed by atoms with Crippen molar-refractivity contribution in [3.8, 4) is 11.5 Å². The zero-order valence-electron chi connectivity index (χ0n) is 16.0. The number of ketones is 1. The molecule has 0 saturated carbocycles. The van der Waals surface area contributed by atoms with Crippen LogP contribution in [0.1, 0.15) is 41.7 Å². The molecule has 0 aliphatic heterocycles. The van der Waals surface area contributed by atoms with Gasteiger partial charge in [-0.3, -0.25) is 4.79 Å². The molecular weight excluding hydrogens is 372 g/mol. The summed E-state index contributed by atoms with van der Waals surface area (Å²) in [5.41, 5.74) is 6.17. The lowest BCUT2D eigenvalue weighted by atomic mass is 10.0. The molecule has 0 bridgehead atoms. The lowest BCUT2D eigenvalue weighted by Gasteiger charge is -2.12. The quantitative estimate of drug-likeness (QED) is 0.367. The highest BCUT2D eigenvalue weighted by molar-refractivity contribution is 6.12. The Hall–Kier alpha value is -3.34. The van der Waals surface area contributed by atoms with E-state index in [2.05, 4.69) is 10.2 Å². The molecule has 1 unspecified atom stereocenters. The van der Waals surface area contributed by atoms with E-state index < -0.39 is 18.0 Å². The number of ether oxygens (including phenoxy) is 4. The van der Waals surface area contributed by atoms with E-state index in [0.29, 0.717) is 18.1 Å². The van der Waals surface area contributed by atoms with Gasteiger partial charge < -0.3 is 29.8 Å². The van der Waals surface area contributed by atoms with Crippen LogP contribution in [0.4, 0.5) is 10.5 Å². The molecule has 11 nitrogen and oxygen atoms in total. The number of aromatic nitrogens is 3. The second-order valence-electron chi connectivity index (χ2n) is 5.58. The van der Waals surface area contributed by atoms with Crippen LogP contribution >= 0.6 is 0 Å². The van der Waals surface area contributed by atoms with Crippen LogP contribution in [-0.4, -0.2) is 52.9 Å². The Morgan fingerprint density at radius 3 is 2.43 bits per heavy atom. The minimum absolute atomic E-state index is 0.0159. The number of methoxy groups -OCH3 is 2. The molecular formula is C17H22N4O7. The lowest BCUT2D eigenvalue weighted by molar-refractivity contribution is 0.0533. The molecule has 1 aromatic heterocycles. The number of hydrogen-bond donors (Lipinski definition) is 2. The molecule has 2 rings (SSSR count). The van der Waals surface area contributed by atoms with Crippen molar-refractivity contribution in [3.05, 3.63) is 29.1 Å². The number of rotatable bonds is 9. The van der Waals surface area contributed by atoms with Gasteiger partial charge in [0.1, 0.15) is 11.8 Å². The van der Waals surface area contributed by atoms with Gasteiger partial charge in [-0.2, -0.15) is 9.90 Å². The fraction of sp³-hybridized carbons (Fsp3) is 0.412. The summed E-state index contributed by atoms with van der Waals surface area (Å²) in [5.74, 6) is 0.0922. The molecule has 11 heteroatoms. The van der Waals surface area contributed by atoms with Gasteiger partial charge in [-0.05, 0) is 19.9 Å². The van der Waals surface area contributed by atoms with E-state index in [-0.39, 0.29) is 29.4 Å². The van der Waals surface area contributed by atoms with E-state index in [1.807, 2.05) is 0 Å². The van der Waals surface area contributed by atoms with Gasteiger partial charge in [0.15, 0.2) is 23.9 Å². The van der Waals surface area contributed by atoms with Crippen molar-refractivity contribution in [2.45, 2.75) is 26.7 Å². The summed E-state index contributed by atoms with van der Waals surface area (Å²) < 4.78 is 20.3. The minimum atomic E-state index is -1.50. The molecule has 0 radical (unpaired) electrons. The van der Waals surface area contributed by atoms with Gasteiger partial charge in [-0.25, -0.2) is 4.79 Å². The van der Waals surface area contributed by atoms with Crippen LogP contribution in [0.2, 0.25) is 0 Å². The zero-order valence-corrected chi connectivity index (χ0v) is 16.0. The molecule has 28 heavy (non-hydrogen) atoms. The Kier molecular flexibility index (Phi) is 6.77. The Morgan fingerprint density at radius 1 is 1.21 bits per heavy atom. The topological polar surface area (TPSA) is 148 Å². The summed E-state index contributed by atoms with van der Waals surface area (Å²) in [6, 6.07) is 2.87. The van der Waals surface area contributed by atoms with Crippen molar-refractivity contribution in [3.63, 3.8) is 0 Å². The van der Waals surface area contributed by atoms with Gasteiger partial charge in [0.2, 0.25) is 5.78 Å². The number of nitrogens with two attached hydrogens (primary N) is 1. The fourth-order valence-electron chi connectivity index (χ4n) is 2.45. The van der Waals surface area contributed by atoms with Crippen LogP contribution in [0.5, 0.6) is 11.5 Å². The van der Waals surface area contributed by atoms with Crippen LogP contribution in [0.15, 0.2) is 12.1 Å². The monoisotopic (exact) mass is 394 g/mol. The molecule has 0 saturated heterocycles. The van der Waals surface area contributed by atoms with Gasteiger partial charge in [-0.1, -0.05) is 0 Å². The second kappa shape index (κ2) is 9.04. The maximum Gasteiger partial charge on any atom is 0.506 e. The normalized spacial score (nSPS) is 11.7. The minimum Gasteiger partial charge on any atom is -0.493 e. The molecule has 0 amide bonds. The van der Waals surface area contributed by atoms with E-state index >= 15 is 0 Å². The highest BCUT2D eigenvalue weighted by Gasteiger charge is 2.28. The number of carbonyl (C=O) groups is 2. The van der Waals surface area contributed by atoms with E-state index in [9.17, 15) is 9.59 Å². The Morgan fingerprint density at radius 2 is 1.86 bits per heavy atom. The van der Waals surface area contributed by atoms with Gasteiger partial charge in [-0.15, -0.1) is 5.10 Å². The van der Waals surface area contributed by atoms with Gasteiger partial charge >= 0.3 is 6.16 Å². The van der Waals surface area contributed by atoms with E-state index in [1.165, 1.54) is 33.3 Å². The first-order chi connectivity index (χ1) is 13.3. The Balaban J connectivity index is 2.51.